The van der Waals surface area contributed by atoms with E-state index in [1.165, 1.54) is 78.0 Å². The Morgan fingerprint density at radius 2 is 0.766 bits per heavy atom. The van der Waals surface area contributed by atoms with Crippen LogP contribution in [-0.2, 0) is 76.3 Å². The van der Waals surface area contributed by atoms with E-state index in [1.807, 2.05) is 66.7 Å². The zero-order valence-corrected chi connectivity index (χ0v) is 82.2. The van der Waals surface area contributed by atoms with Crippen molar-refractivity contribution >= 4 is 107 Å². The van der Waals surface area contributed by atoms with Gasteiger partial charge in [0.2, 0.25) is 0 Å². The minimum atomic E-state index is -0.810. The minimum Gasteiger partial charge on any atom is -0.497 e. The fourth-order valence-electron chi connectivity index (χ4n) is 20.5. The SMILES string of the molecule is COC(=O)c1ncc(Cl)nc1Cl.COC(=O)c1ncc(N2CCC3(CC2)Cc2ccccc2C3N)nc1Cl.COc1ccc(Cn2[nH]c(=O)c3ncc(N4CCC5(CC4)Cc4ccccc4C5N(C(=O)OC(C)(C)C)C(=O)OC(C)(C)C)nc32)cc1.COc1ccc(Cn2[nH]c(=O)c3ncc(N4CCC5(CC4)Cc4ccccc4C5N)nc32)cc1.NC1c2ccccc2CC12CCNCC2.[B].[V]. The van der Waals surface area contributed by atoms with Crippen molar-refractivity contribution in [3.63, 3.8) is 0 Å². The molecule has 8 aliphatic rings. The fourth-order valence-corrected chi connectivity index (χ4v) is 21.1. The van der Waals surface area contributed by atoms with Crippen LogP contribution in [0.5, 0.6) is 11.5 Å². The second-order valence-electron chi connectivity index (χ2n) is 38.1. The predicted octanol–water partition coefficient (Wildman–Crippen LogP) is 14.8. The molecule has 4 saturated heterocycles. The van der Waals surface area contributed by atoms with Crippen molar-refractivity contribution in [2.75, 3.05) is 95.5 Å². The molecule has 6 aromatic heterocycles. The van der Waals surface area contributed by atoms with Crippen LogP contribution in [0, 0.1) is 21.7 Å². The number of benzene rings is 6. The first-order valence-corrected chi connectivity index (χ1v) is 46.7. The van der Waals surface area contributed by atoms with E-state index in [4.69, 9.17) is 80.9 Å². The molecule has 4 aliphatic heterocycles. The molecule has 4 radical (unpaired) electrons. The number of nitrogens with zero attached hydrogens (tertiary/aromatic N) is 14. The van der Waals surface area contributed by atoms with Crippen molar-refractivity contribution in [2.45, 2.75) is 167 Å². The molecule has 37 heteroatoms. The Hall–Kier alpha value is -11.8. The summed E-state index contributed by atoms with van der Waals surface area (Å²) in [5, 5.41) is 9.33. The van der Waals surface area contributed by atoms with Crippen molar-refractivity contribution in [2.24, 2.45) is 38.9 Å². The standard InChI is InChI=1S/C36H44N6O6.C26H28N6O2.C19H21ClN4O2.C13H18N2.C6H4Cl2N2O2.B.V/c1-34(2,3)47-32(44)42(33(45)48-35(4,5)6)29-26-11-9-8-10-24(26)20-36(29)16-18-40(19-17-36)27-21-37-28-30(38-27)41(39-31(28)43)22-23-12-14-25(46-7)15-13-23;1-34-19-8-6-17(7-9-19)16-32-24-22(25(33)30-32)28-15-21(29-24)31-12-10-26(11-13-31)14-18-4-2-3-5-20(18)23(26)27;1-26-18(25)15-17(20)23-14(11-22-15)24-8-6-19(7-9-24)10-12-4-2-3-5-13(12)16(19)21;14-12-11-4-2-1-3-10(11)9-13(12)5-7-15-8-6-13;1-12-6(11)4-5(8)10-3(7)2-9-4;;/h8-15,21,29H,16-20,22H2,1-7H3,(H,39,43);2-9,15,23H,10-14,16,27H2,1H3,(H,30,33);2-5,11,16H,6-10,21H2,1H3;1-4,12,15H,5-9,14H2;2H,1H3;;. The van der Waals surface area contributed by atoms with Crippen LogP contribution in [0.4, 0.5) is 27.0 Å². The molecular formula is C100H115BCl3N20O12V. The first-order valence-electron chi connectivity index (χ1n) is 45.6. The Balaban J connectivity index is 0.000000147. The van der Waals surface area contributed by atoms with E-state index in [9.17, 15) is 28.8 Å². The normalized spacial score (nSPS) is 18.6. The number of piperidine rings is 4. The van der Waals surface area contributed by atoms with Gasteiger partial charge in [-0.05, 0) is 228 Å². The quantitative estimate of drug-likeness (QED) is 0.0376. The molecular weight excluding hydrogens is 1840 g/mol. The predicted molar refractivity (Wildman–Crippen MR) is 523 cm³/mol. The summed E-state index contributed by atoms with van der Waals surface area (Å²) < 4.78 is 34.7. The van der Waals surface area contributed by atoms with Gasteiger partial charge >= 0.3 is 24.1 Å². The van der Waals surface area contributed by atoms with Crippen LogP contribution >= 0.6 is 34.8 Å². The van der Waals surface area contributed by atoms with Crippen molar-refractivity contribution in [1.82, 2.24) is 69.6 Å². The zero-order chi connectivity index (χ0) is 95.5. The van der Waals surface area contributed by atoms with E-state index in [1.54, 1.807) is 83.7 Å². The number of carbonyl (C=O) groups is 4. The number of carbonyl (C=O) groups excluding carboxylic acids is 4. The number of halogens is 3. The topological polar surface area (TPSA) is 405 Å². The van der Waals surface area contributed by atoms with E-state index >= 15 is 0 Å². The smallest absolute Gasteiger partial charge is 0.420 e. The monoisotopic (exact) mass is 1950 g/mol. The average Bonchev–Trinajstić information content (AvgIpc) is 1.58. The Morgan fingerprint density at radius 1 is 0.438 bits per heavy atom. The zero-order valence-electron chi connectivity index (χ0n) is 78.6. The van der Waals surface area contributed by atoms with Gasteiger partial charge in [0.15, 0.2) is 44.0 Å². The Kier molecular flexibility index (Phi) is 31.2. The summed E-state index contributed by atoms with van der Waals surface area (Å²) in [6, 6.07) is 49.0. The number of anilines is 3. The van der Waals surface area contributed by atoms with Gasteiger partial charge in [-0.2, -0.15) is 0 Å². The molecule has 0 bridgehead atoms. The van der Waals surface area contributed by atoms with E-state index in [0.717, 1.165) is 117 Å². The van der Waals surface area contributed by atoms with Crippen molar-refractivity contribution in [1.29, 1.82) is 0 Å². The third-order valence-electron chi connectivity index (χ3n) is 27.6. The van der Waals surface area contributed by atoms with Crippen molar-refractivity contribution in [3.8, 4) is 11.5 Å². The summed E-state index contributed by atoms with van der Waals surface area (Å²) in [6.07, 6.45) is 16.5. The van der Waals surface area contributed by atoms with Crippen LogP contribution in [0.1, 0.15) is 194 Å². The Bertz CT molecular complexity index is 6440. The summed E-state index contributed by atoms with van der Waals surface area (Å²) in [6.45, 7) is 18.5. The Labute approximate surface area is 824 Å². The van der Waals surface area contributed by atoms with Gasteiger partial charge in [-0.3, -0.25) is 29.2 Å². The maximum Gasteiger partial charge on any atom is 0.420 e. The van der Waals surface area contributed by atoms with Gasteiger partial charge in [-0.15, -0.1) is 0 Å². The molecule has 4 spiro atoms. The van der Waals surface area contributed by atoms with Gasteiger partial charge < -0.3 is 65.6 Å². The van der Waals surface area contributed by atoms with Crippen molar-refractivity contribution < 1.29 is 66.2 Å². The van der Waals surface area contributed by atoms with Crippen LogP contribution in [-0.4, -0.2) is 189 Å². The van der Waals surface area contributed by atoms with E-state index in [2.05, 4.69) is 148 Å². The largest absolute Gasteiger partial charge is 0.497 e. The number of hydrogen-bond acceptors (Lipinski definition) is 27. The molecule has 716 valence electrons. The van der Waals surface area contributed by atoms with Crippen LogP contribution in [0.15, 0.2) is 180 Å². The van der Waals surface area contributed by atoms with Crippen LogP contribution in [0.3, 0.4) is 0 Å². The number of hydrogen-bond donors (Lipinski definition) is 6. The molecule has 12 aromatic rings. The molecule has 4 aliphatic carbocycles. The number of nitrogens with one attached hydrogen (secondary N) is 3. The van der Waals surface area contributed by atoms with E-state index in [-0.39, 0.29) is 99.4 Å². The average molecular weight is 1960 g/mol. The number of imide groups is 1. The van der Waals surface area contributed by atoms with Gasteiger partial charge in [-0.1, -0.05) is 156 Å². The van der Waals surface area contributed by atoms with E-state index < -0.39 is 46.8 Å². The molecule has 4 atom stereocenters. The molecule has 2 amide bonds. The molecule has 32 nitrogen and oxygen atoms in total. The number of fused-ring (bicyclic) bond motifs is 6. The summed E-state index contributed by atoms with van der Waals surface area (Å²) in [7, 11) is 5.79. The third-order valence-corrected chi connectivity index (χ3v) is 28.3. The third kappa shape index (κ3) is 21.7. The number of H-pyrrole nitrogens is 2. The molecule has 0 saturated carbocycles. The summed E-state index contributed by atoms with van der Waals surface area (Å²) in [5.41, 5.74) is 31.7. The van der Waals surface area contributed by atoms with Crippen molar-refractivity contribution in [3.05, 3.63) is 274 Å². The molecule has 4 fully saturated rings. The van der Waals surface area contributed by atoms with E-state index in [0.29, 0.717) is 79.3 Å². The van der Waals surface area contributed by atoms with Gasteiger partial charge in [0.1, 0.15) is 45.3 Å². The second-order valence-corrected chi connectivity index (χ2v) is 39.2. The maximum absolute atomic E-state index is 13.9. The molecule has 20 rings (SSSR count). The summed E-state index contributed by atoms with van der Waals surface area (Å²) in [5.74, 6) is 2.47. The van der Waals surface area contributed by atoms with Gasteiger partial charge in [0.25, 0.3) is 11.1 Å². The second kappa shape index (κ2) is 42.3. The molecule has 9 N–H and O–H groups in total. The molecule has 4 unspecified atom stereocenters. The number of aromatic amines is 2. The number of aromatic nitrogens is 12. The first-order chi connectivity index (χ1) is 64.7. The number of ether oxygens (including phenoxy) is 6. The van der Waals surface area contributed by atoms with Gasteiger partial charge in [-0.25, -0.2) is 63.9 Å². The minimum absolute atomic E-state index is 0. The summed E-state index contributed by atoms with van der Waals surface area (Å²) >= 11 is 17.1. The molecule has 6 aromatic carbocycles. The molecule has 10 heterocycles. The van der Waals surface area contributed by atoms with Crippen LogP contribution in [0.2, 0.25) is 15.5 Å². The van der Waals surface area contributed by atoms with Crippen LogP contribution < -0.4 is 57.8 Å². The van der Waals surface area contributed by atoms with Gasteiger partial charge in [0, 0.05) is 89.8 Å². The number of amides is 2. The fraction of sp³-hybridized carbons (Fsp3) is 0.420. The number of rotatable bonds is 12. The summed E-state index contributed by atoms with van der Waals surface area (Å²) in [4.78, 5) is 118. The maximum atomic E-state index is 13.9. The number of methoxy groups -OCH3 is 4. The van der Waals surface area contributed by atoms with Crippen LogP contribution in [0.25, 0.3) is 22.3 Å². The van der Waals surface area contributed by atoms with Gasteiger partial charge in [0.05, 0.1) is 72.4 Å². The molecule has 137 heavy (non-hydrogen) atoms. The Morgan fingerprint density at radius 3 is 1.12 bits per heavy atom. The first kappa shape index (κ1) is 101. The number of nitrogens with two attached hydrogens (primary N) is 3. The number of esters is 2.